The van der Waals surface area contributed by atoms with E-state index >= 15 is 0 Å². The number of rotatable bonds is 4. The number of alkyl halides is 3. The van der Waals surface area contributed by atoms with Crippen molar-refractivity contribution < 1.29 is 22.9 Å². The highest BCUT2D eigenvalue weighted by Crippen LogP contribution is 2.38. The topological polar surface area (TPSA) is 75.5 Å². The van der Waals surface area contributed by atoms with E-state index in [0.29, 0.717) is 42.5 Å². The molecule has 148 valence electrons. The minimum absolute atomic E-state index is 0.0102. The van der Waals surface area contributed by atoms with Crippen LogP contribution < -0.4 is 5.32 Å². The number of hydrogen-bond acceptors (Lipinski definition) is 4. The molecule has 0 saturated carbocycles. The van der Waals surface area contributed by atoms with Crippen molar-refractivity contribution >= 4 is 11.6 Å². The number of carbonyl (C=O) groups is 1. The van der Waals surface area contributed by atoms with Crippen molar-refractivity contribution in [3.05, 3.63) is 38.9 Å². The smallest absolute Gasteiger partial charge is 0.341 e. The quantitative estimate of drug-likeness (QED) is 0.634. The third-order valence-corrected chi connectivity index (χ3v) is 5.29. The van der Waals surface area contributed by atoms with Gasteiger partial charge in [0, 0.05) is 17.7 Å². The van der Waals surface area contributed by atoms with Gasteiger partial charge in [-0.15, -0.1) is 0 Å². The molecular formula is C18H22F3N3O3. The lowest BCUT2D eigenvalue weighted by Gasteiger charge is -2.29. The fourth-order valence-electron chi connectivity index (χ4n) is 4.03. The van der Waals surface area contributed by atoms with E-state index < -0.39 is 23.0 Å². The van der Waals surface area contributed by atoms with Crippen LogP contribution in [0.2, 0.25) is 0 Å². The Morgan fingerprint density at radius 3 is 2.56 bits per heavy atom. The van der Waals surface area contributed by atoms with Crippen molar-refractivity contribution in [2.24, 2.45) is 0 Å². The van der Waals surface area contributed by atoms with Crippen LogP contribution in [0, 0.1) is 10.1 Å². The molecule has 0 aromatic heterocycles. The second kappa shape index (κ2) is 7.84. The molecule has 27 heavy (non-hydrogen) atoms. The Morgan fingerprint density at radius 2 is 1.93 bits per heavy atom. The second-order valence-electron chi connectivity index (χ2n) is 7.15. The Kier molecular flexibility index (Phi) is 5.69. The third kappa shape index (κ3) is 4.40. The first-order chi connectivity index (χ1) is 12.8. The van der Waals surface area contributed by atoms with Crippen molar-refractivity contribution in [2.75, 3.05) is 13.1 Å². The molecule has 0 bridgehead atoms. The lowest BCUT2D eigenvalue weighted by atomic mass is 9.85. The third-order valence-electron chi connectivity index (χ3n) is 5.29. The van der Waals surface area contributed by atoms with Crippen LogP contribution >= 0.6 is 0 Å². The molecular weight excluding hydrogens is 363 g/mol. The number of halogens is 3. The van der Waals surface area contributed by atoms with Crippen molar-refractivity contribution in [1.82, 2.24) is 10.2 Å². The number of carbonyl (C=O) groups excluding carboxylic acids is 1. The van der Waals surface area contributed by atoms with Gasteiger partial charge >= 0.3 is 12.1 Å². The summed E-state index contributed by atoms with van der Waals surface area (Å²) in [6, 6.07) is 2.41. The summed E-state index contributed by atoms with van der Waals surface area (Å²) in [5, 5.41) is 13.7. The molecule has 0 spiro atoms. The fraction of sp³-hybridized carbons (Fsp3) is 0.611. The maximum absolute atomic E-state index is 12.6. The number of amides is 1. The number of benzene rings is 1. The van der Waals surface area contributed by atoms with Crippen molar-refractivity contribution in [2.45, 2.75) is 57.3 Å². The average Bonchev–Trinajstić information content (AvgIpc) is 2.61. The maximum Gasteiger partial charge on any atom is 0.471 e. The van der Waals surface area contributed by atoms with Crippen LogP contribution in [-0.4, -0.2) is 35.0 Å². The van der Waals surface area contributed by atoms with Crippen LogP contribution in [0.3, 0.4) is 0 Å². The monoisotopic (exact) mass is 385 g/mol. The molecule has 2 aliphatic rings. The van der Waals surface area contributed by atoms with Gasteiger partial charge in [-0.3, -0.25) is 19.8 Å². The standard InChI is InChI=1S/C18H22F3N3O3/c19-18(20,21)17(25)22-15-6-4-5-14-13(15)8-7-12(16(14)24(26)27)11-23-9-2-1-3-10-23/h7-8,15H,1-6,9-11H2,(H,22,25)/t15-/m1/s1. The molecule has 1 heterocycles. The Labute approximate surface area is 154 Å². The first-order valence-corrected chi connectivity index (χ1v) is 9.16. The first kappa shape index (κ1) is 19.6. The van der Waals surface area contributed by atoms with Gasteiger partial charge in [0.15, 0.2) is 0 Å². The summed E-state index contributed by atoms with van der Waals surface area (Å²) in [6.45, 7) is 2.24. The number of nitrogens with zero attached hydrogens (tertiary/aromatic N) is 2. The minimum atomic E-state index is -4.97. The van der Waals surface area contributed by atoms with E-state index in [1.807, 2.05) is 5.32 Å². The molecule has 1 saturated heterocycles. The molecule has 1 aliphatic heterocycles. The Morgan fingerprint density at radius 1 is 1.22 bits per heavy atom. The highest BCUT2D eigenvalue weighted by atomic mass is 19.4. The molecule has 0 radical (unpaired) electrons. The van der Waals surface area contributed by atoms with Gasteiger partial charge in [-0.05, 0) is 50.8 Å². The van der Waals surface area contributed by atoms with Gasteiger partial charge in [0.2, 0.25) is 0 Å². The predicted molar refractivity (Wildman–Crippen MR) is 92.1 cm³/mol. The van der Waals surface area contributed by atoms with Crippen molar-refractivity contribution in [3.8, 4) is 0 Å². The summed E-state index contributed by atoms with van der Waals surface area (Å²) in [7, 11) is 0. The second-order valence-corrected chi connectivity index (χ2v) is 7.15. The van der Waals surface area contributed by atoms with Crippen LogP contribution in [-0.2, 0) is 17.8 Å². The average molecular weight is 385 g/mol. The first-order valence-electron chi connectivity index (χ1n) is 9.16. The lowest BCUT2D eigenvalue weighted by molar-refractivity contribution is -0.386. The molecule has 9 heteroatoms. The normalized spacial score (nSPS) is 20.8. The lowest BCUT2D eigenvalue weighted by Crippen LogP contribution is -2.40. The number of likely N-dealkylation sites (tertiary alicyclic amines) is 1. The predicted octanol–water partition coefficient (Wildman–Crippen LogP) is 3.64. The largest absolute Gasteiger partial charge is 0.471 e. The van der Waals surface area contributed by atoms with Gasteiger partial charge in [-0.25, -0.2) is 0 Å². The summed E-state index contributed by atoms with van der Waals surface area (Å²) in [5.41, 5.74) is 1.45. The fourth-order valence-corrected chi connectivity index (χ4v) is 4.03. The zero-order chi connectivity index (χ0) is 19.6. The maximum atomic E-state index is 12.6. The van der Waals surface area contributed by atoms with Gasteiger partial charge in [0.05, 0.1) is 11.0 Å². The van der Waals surface area contributed by atoms with E-state index in [1.165, 1.54) is 0 Å². The van der Waals surface area contributed by atoms with E-state index in [9.17, 15) is 28.1 Å². The molecule has 1 atom stereocenters. The van der Waals surface area contributed by atoms with E-state index in [2.05, 4.69) is 4.90 Å². The summed E-state index contributed by atoms with van der Waals surface area (Å²) in [4.78, 5) is 24.8. The number of hydrogen-bond donors (Lipinski definition) is 1. The van der Waals surface area contributed by atoms with Gasteiger partial charge in [0.25, 0.3) is 5.69 Å². The van der Waals surface area contributed by atoms with Gasteiger partial charge in [-0.2, -0.15) is 13.2 Å². The van der Waals surface area contributed by atoms with Crippen LogP contribution in [0.1, 0.15) is 54.8 Å². The number of fused-ring (bicyclic) bond motifs is 1. The Balaban J connectivity index is 1.90. The van der Waals surface area contributed by atoms with E-state index in [-0.39, 0.29) is 5.69 Å². The van der Waals surface area contributed by atoms with Crippen LogP contribution in [0.25, 0.3) is 0 Å². The number of piperidine rings is 1. The minimum Gasteiger partial charge on any atom is -0.341 e. The Bertz CT molecular complexity index is 731. The highest BCUT2D eigenvalue weighted by molar-refractivity contribution is 5.82. The van der Waals surface area contributed by atoms with E-state index in [4.69, 9.17) is 0 Å². The molecule has 1 N–H and O–H groups in total. The summed E-state index contributed by atoms with van der Waals surface area (Å²) < 4.78 is 37.8. The molecule has 0 unspecified atom stereocenters. The number of nitrogens with one attached hydrogen (secondary N) is 1. The van der Waals surface area contributed by atoms with E-state index in [0.717, 1.165) is 32.4 Å². The Hall–Kier alpha value is -2.16. The zero-order valence-electron chi connectivity index (χ0n) is 14.8. The SMILES string of the molecule is O=C(N[C@@H]1CCCc2c1ccc(CN1CCCCC1)c2[N+](=O)[O-])C(F)(F)F. The van der Waals surface area contributed by atoms with Gasteiger partial charge in [0.1, 0.15) is 0 Å². The molecule has 1 aromatic rings. The summed E-state index contributed by atoms with van der Waals surface area (Å²) in [6.07, 6.45) is -0.450. The molecule has 3 rings (SSSR count). The summed E-state index contributed by atoms with van der Waals surface area (Å²) >= 11 is 0. The molecule has 6 nitrogen and oxygen atoms in total. The van der Waals surface area contributed by atoms with Crippen molar-refractivity contribution in [3.63, 3.8) is 0 Å². The van der Waals surface area contributed by atoms with E-state index in [1.54, 1.807) is 12.1 Å². The number of nitro groups is 1. The van der Waals surface area contributed by atoms with Gasteiger partial charge < -0.3 is 5.32 Å². The van der Waals surface area contributed by atoms with Crippen LogP contribution in [0.5, 0.6) is 0 Å². The highest BCUT2D eigenvalue weighted by Gasteiger charge is 2.41. The van der Waals surface area contributed by atoms with Crippen LogP contribution in [0.15, 0.2) is 12.1 Å². The number of nitro benzene ring substituents is 1. The summed E-state index contributed by atoms with van der Waals surface area (Å²) in [5.74, 6) is -2.01. The van der Waals surface area contributed by atoms with Crippen LogP contribution in [0.4, 0.5) is 18.9 Å². The molecule has 1 fully saturated rings. The van der Waals surface area contributed by atoms with Crippen molar-refractivity contribution in [1.29, 1.82) is 0 Å². The molecule has 1 amide bonds. The van der Waals surface area contributed by atoms with Gasteiger partial charge in [-0.1, -0.05) is 18.6 Å². The zero-order valence-corrected chi connectivity index (χ0v) is 14.8. The molecule has 1 aliphatic carbocycles. The molecule has 1 aromatic carbocycles.